The Morgan fingerprint density at radius 2 is 1.70 bits per heavy atom. The summed E-state index contributed by atoms with van der Waals surface area (Å²) in [7, 11) is 1.62. The summed E-state index contributed by atoms with van der Waals surface area (Å²) in [6.45, 7) is 1.00. The number of para-hydroxylation sites is 3. The summed E-state index contributed by atoms with van der Waals surface area (Å²) in [5, 5.41) is 3.16. The lowest BCUT2D eigenvalue weighted by atomic mass is 10.1. The van der Waals surface area contributed by atoms with E-state index < -0.39 is 0 Å². The predicted molar refractivity (Wildman–Crippen MR) is 78.3 cm³/mol. The molecule has 4 heteroatoms. The van der Waals surface area contributed by atoms with E-state index in [1.165, 1.54) is 0 Å². The van der Waals surface area contributed by atoms with Gasteiger partial charge in [-0.3, -0.25) is 9.69 Å². The third-order valence-electron chi connectivity index (χ3n) is 3.40. The number of nitrogens with one attached hydrogen (secondary N) is 1. The molecule has 0 radical (unpaired) electrons. The molecule has 1 N–H and O–H groups in total. The molecule has 2 aromatic rings. The van der Waals surface area contributed by atoms with Gasteiger partial charge in [0.15, 0.2) is 0 Å². The van der Waals surface area contributed by atoms with Gasteiger partial charge in [-0.1, -0.05) is 30.3 Å². The van der Waals surface area contributed by atoms with Crippen molar-refractivity contribution in [1.82, 2.24) is 5.32 Å². The molecule has 0 spiro atoms. The molecule has 1 amide bonds. The molecule has 0 bridgehead atoms. The molecule has 1 heterocycles. The van der Waals surface area contributed by atoms with Crippen LogP contribution in [-0.2, 0) is 11.3 Å². The van der Waals surface area contributed by atoms with E-state index in [2.05, 4.69) is 5.32 Å². The van der Waals surface area contributed by atoms with Gasteiger partial charge in [-0.05, 0) is 23.8 Å². The largest absolute Gasteiger partial charge is 0.495 e. The molecule has 0 aliphatic carbocycles. The number of benzene rings is 2. The van der Waals surface area contributed by atoms with Gasteiger partial charge in [0.25, 0.3) is 0 Å². The summed E-state index contributed by atoms with van der Waals surface area (Å²) >= 11 is 0. The summed E-state index contributed by atoms with van der Waals surface area (Å²) in [5.41, 5.74) is 2.78. The number of carbonyl (C=O) groups excluding carboxylic acids is 1. The second-order valence-corrected chi connectivity index (χ2v) is 4.63. The minimum Gasteiger partial charge on any atom is -0.495 e. The van der Waals surface area contributed by atoms with Crippen molar-refractivity contribution in [1.29, 1.82) is 0 Å². The number of rotatable bonds is 2. The summed E-state index contributed by atoms with van der Waals surface area (Å²) in [5.74, 6) is 0.706. The van der Waals surface area contributed by atoms with Crippen LogP contribution in [-0.4, -0.2) is 19.6 Å². The zero-order valence-electron chi connectivity index (χ0n) is 11.3. The van der Waals surface area contributed by atoms with Crippen LogP contribution in [0.15, 0.2) is 48.5 Å². The first-order valence-electron chi connectivity index (χ1n) is 6.56. The van der Waals surface area contributed by atoms with E-state index in [0.717, 1.165) is 16.9 Å². The fraction of sp³-hybridized carbons (Fsp3) is 0.188. The zero-order chi connectivity index (χ0) is 13.9. The average molecular weight is 268 g/mol. The maximum atomic E-state index is 12.5. The number of fused-ring (bicyclic) bond motifs is 1. The highest BCUT2D eigenvalue weighted by Gasteiger charge is 2.25. The van der Waals surface area contributed by atoms with Crippen molar-refractivity contribution in [3.8, 4) is 5.75 Å². The van der Waals surface area contributed by atoms with Crippen LogP contribution in [0.3, 0.4) is 0 Å². The second-order valence-electron chi connectivity index (χ2n) is 4.63. The third kappa shape index (κ3) is 2.14. The highest BCUT2D eigenvalue weighted by molar-refractivity contribution is 6.04. The number of methoxy groups -OCH3 is 1. The fourth-order valence-electron chi connectivity index (χ4n) is 2.47. The van der Waals surface area contributed by atoms with Gasteiger partial charge in [0.2, 0.25) is 5.91 Å². The molecule has 1 aliphatic rings. The van der Waals surface area contributed by atoms with Crippen molar-refractivity contribution in [2.24, 2.45) is 0 Å². The van der Waals surface area contributed by atoms with Crippen molar-refractivity contribution in [2.75, 3.05) is 18.6 Å². The molecule has 20 heavy (non-hydrogen) atoms. The van der Waals surface area contributed by atoms with E-state index in [4.69, 9.17) is 4.74 Å². The van der Waals surface area contributed by atoms with Gasteiger partial charge in [0.05, 0.1) is 25.0 Å². The lowest BCUT2D eigenvalue weighted by Crippen LogP contribution is -2.32. The maximum absolute atomic E-state index is 12.5. The van der Waals surface area contributed by atoms with Crippen LogP contribution in [0.1, 0.15) is 5.56 Å². The predicted octanol–water partition coefficient (Wildman–Crippen LogP) is 2.46. The van der Waals surface area contributed by atoms with Crippen molar-refractivity contribution in [3.63, 3.8) is 0 Å². The number of carbonyl (C=O) groups is 1. The molecular weight excluding hydrogens is 252 g/mol. The van der Waals surface area contributed by atoms with Crippen molar-refractivity contribution < 1.29 is 9.53 Å². The molecule has 4 nitrogen and oxygen atoms in total. The SMILES string of the molecule is COc1ccccc1N1C(=O)CNCc2ccccc21. The Balaban J connectivity index is 2.17. The minimum atomic E-state index is 0.0134. The Morgan fingerprint density at radius 3 is 2.50 bits per heavy atom. The van der Waals surface area contributed by atoms with Crippen molar-refractivity contribution >= 4 is 17.3 Å². The van der Waals surface area contributed by atoms with Crippen LogP contribution in [0.5, 0.6) is 5.75 Å². The first-order chi connectivity index (χ1) is 9.81. The van der Waals surface area contributed by atoms with Gasteiger partial charge in [-0.25, -0.2) is 0 Å². The lowest BCUT2D eigenvalue weighted by molar-refractivity contribution is -0.117. The van der Waals surface area contributed by atoms with E-state index in [1.807, 2.05) is 48.5 Å². The smallest absolute Gasteiger partial charge is 0.245 e. The van der Waals surface area contributed by atoms with E-state index >= 15 is 0 Å². The monoisotopic (exact) mass is 268 g/mol. The minimum absolute atomic E-state index is 0.0134. The van der Waals surface area contributed by atoms with E-state index in [1.54, 1.807) is 12.0 Å². The number of hydrogen-bond acceptors (Lipinski definition) is 3. The van der Waals surface area contributed by atoms with Crippen LogP contribution in [0.25, 0.3) is 0 Å². The first kappa shape index (κ1) is 12.7. The standard InChI is InChI=1S/C16H16N2O2/c1-20-15-9-5-4-8-14(15)18-13-7-3-2-6-12(13)10-17-11-16(18)19/h2-9,17H,10-11H2,1H3. The summed E-state index contributed by atoms with van der Waals surface area (Å²) in [6, 6.07) is 15.5. The molecule has 0 atom stereocenters. The Kier molecular flexibility index (Phi) is 3.39. The van der Waals surface area contributed by atoms with Gasteiger partial charge in [0, 0.05) is 6.54 Å². The number of nitrogens with zero attached hydrogens (tertiary/aromatic N) is 1. The molecule has 2 aromatic carbocycles. The van der Waals surface area contributed by atoms with Gasteiger partial charge in [-0.15, -0.1) is 0 Å². The second kappa shape index (κ2) is 5.35. The molecule has 0 saturated carbocycles. The molecule has 0 saturated heterocycles. The Labute approximate surface area is 118 Å². The molecule has 0 fully saturated rings. The van der Waals surface area contributed by atoms with Crippen LogP contribution < -0.4 is 15.0 Å². The normalized spacial score (nSPS) is 14.7. The Morgan fingerprint density at radius 1 is 1.00 bits per heavy atom. The number of ether oxygens (including phenoxy) is 1. The highest BCUT2D eigenvalue weighted by Crippen LogP contribution is 2.36. The third-order valence-corrected chi connectivity index (χ3v) is 3.40. The molecular formula is C16H16N2O2. The lowest BCUT2D eigenvalue weighted by Gasteiger charge is -2.24. The quantitative estimate of drug-likeness (QED) is 0.909. The summed E-state index contributed by atoms with van der Waals surface area (Å²) < 4.78 is 5.39. The molecule has 0 aromatic heterocycles. The number of amides is 1. The van der Waals surface area contributed by atoms with Crippen LogP contribution in [0.4, 0.5) is 11.4 Å². The summed E-state index contributed by atoms with van der Waals surface area (Å²) in [4.78, 5) is 14.2. The zero-order valence-corrected chi connectivity index (χ0v) is 11.3. The van der Waals surface area contributed by atoms with Crippen molar-refractivity contribution in [3.05, 3.63) is 54.1 Å². The molecule has 1 aliphatic heterocycles. The van der Waals surface area contributed by atoms with Crippen LogP contribution in [0, 0.1) is 0 Å². The average Bonchev–Trinajstić information content (AvgIpc) is 2.65. The van der Waals surface area contributed by atoms with Gasteiger partial charge in [0.1, 0.15) is 5.75 Å². The molecule has 102 valence electrons. The van der Waals surface area contributed by atoms with E-state index in [-0.39, 0.29) is 5.91 Å². The summed E-state index contributed by atoms with van der Waals surface area (Å²) in [6.07, 6.45) is 0. The number of anilines is 2. The fourth-order valence-corrected chi connectivity index (χ4v) is 2.47. The maximum Gasteiger partial charge on any atom is 0.245 e. The van der Waals surface area contributed by atoms with Crippen LogP contribution in [0.2, 0.25) is 0 Å². The van der Waals surface area contributed by atoms with Crippen molar-refractivity contribution in [2.45, 2.75) is 6.54 Å². The van der Waals surface area contributed by atoms with Gasteiger partial charge in [-0.2, -0.15) is 0 Å². The molecule has 0 unspecified atom stereocenters. The number of hydrogen-bond donors (Lipinski definition) is 1. The van der Waals surface area contributed by atoms with Gasteiger partial charge < -0.3 is 10.1 Å². The topological polar surface area (TPSA) is 41.6 Å². The van der Waals surface area contributed by atoms with Crippen LogP contribution >= 0.6 is 0 Å². The van der Waals surface area contributed by atoms with E-state index in [9.17, 15) is 4.79 Å². The Bertz CT molecular complexity index is 640. The molecule has 3 rings (SSSR count). The first-order valence-corrected chi connectivity index (χ1v) is 6.56. The van der Waals surface area contributed by atoms with Gasteiger partial charge >= 0.3 is 0 Å². The highest BCUT2D eigenvalue weighted by atomic mass is 16.5. The Hall–Kier alpha value is -2.33. The van der Waals surface area contributed by atoms with E-state index in [0.29, 0.717) is 18.8 Å².